The van der Waals surface area contributed by atoms with Gasteiger partial charge in [-0.05, 0) is 50.9 Å². The molecule has 3 rings (SSSR count). The number of rotatable bonds is 5. The van der Waals surface area contributed by atoms with E-state index in [0.29, 0.717) is 18.1 Å². The average Bonchev–Trinajstić information content (AvgIpc) is 2.62. The molecule has 0 radical (unpaired) electrons. The Morgan fingerprint density at radius 2 is 2.00 bits per heavy atom. The van der Waals surface area contributed by atoms with Crippen molar-refractivity contribution in [2.24, 2.45) is 11.8 Å². The monoisotopic (exact) mass is 356 g/mol. The first kappa shape index (κ1) is 18.6. The number of fused-ring (bicyclic) bond motifs is 1. The van der Waals surface area contributed by atoms with E-state index in [2.05, 4.69) is 36.0 Å². The highest BCUT2D eigenvalue weighted by atomic mass is 16.2. The molecule has 1 amide bonds. The van der Waals surface area contributed by atoms with Crippen LogP contribution < -0.4 is 10.9 Å². The van der Waals surface area contributed by atoms with Crippen LogP contribution in [0, 0.1) is 11.8 Å². The topological polar surface area (TPSA) is 66.7 Å². The molecule has 1 aliphatic heterocycles. The predicted octanol–water partition coefficient (Wildman–Crippen LogP) is 2.07. The van der Waals surface area contributed by atoms with E-state index in [-0.39, 0.29) is 23.4 Å². The van der Waals surface area contributed by atoms with Crippen LogP contribution in [-0.4, -0.2) is 39.3 Å². The lowest BCUT2D eigenvalue weighted by atomic mass is 9.94. The molecule has 1 saturated heterocycles. The van der Waals surface area contributed by atoms with Crippen LogP contribution >= 0.6 is 0 Å². The summed E-state index contributed by atoms with van der Waals surface area (Å²) in [6, 6.07) is 7.36. The molecule has 1 atom stereocenters. The van der Waals surface area contributed by atoms with Crippen molar-refractivity contribution < 1.29 is 4.79 Å². The molecule has 3 heterocycles. The van der Waals surface area contributed by atoms with E-state index in [0.717, 1.165) is 31.6 Å². The van der Waals surface area contributed by atoms with Crippen LogP contribution in [0.15, 0.2) is 35.3 Å². The van der Waals surface area contributed by atoms with Gasteiger partial charge in [0.05, 0.1) is 5.69 Å². The number of likely N-dealkylation sites (tertiary alicyclic amines) is 1. The van der Waals surface area contributed by atoms with E-state index in [4.69, 9.17) is 0 Å². The zero-order chi connectivity index (χ0) is 18.7. The summed E-state index contributed by atoms with van der Waals surface area (Å²) in [5.41, 5.74) is 1.41. The van der Waals surface area contributed by atoms with Crippen molar-refractivity contribution >= 4 is 11.6 Å². The van der Waals surface area contributed by atoms with Gasteiger partial charge < -0.3 is 5.32 Å². The maximum absolute atomic E-state index is 12.4. The molecule has 1 unspecified atom stereocenters. The second-order valence-corrected chi connectivity index (χ2v) is 7.61. The van der Waals surface area contributed by atoms with Crippen molar-refractivity contribution in [1.82, 2.24) is 19.6 Å². The minimum absolute atomic E-state index is 0.0532. The van der Waals surface area contributed by atoms with Crippen molar-refractivity contribution in [2.75, 3.05) is 13.1 Å². The highest BCUT2D eigenvalue weighted by Crippen LogP contribution is 2.19. The summed E-state index contributed by atoms with van der Waals surface area (Å²) in [4.78, 5) is 31.4. The highest BCUT2D eigenvalue weighted by molar-refractivity contribution is 5.79. The van der Waals surface area contributed by atoms with Crippen LogP contribution in [0.4, 0.5) is 0 Å². The number of amides is 1. The van der Waals surface area contributed by atoms with Gasteiger partial charge in [-0.3, -0.25) is 18.9 Å². The number of piperidine rings is 1. The van der Waals surface area contributed by atoms with Gasteiger partial charge in [0.2, 0.25) is 5.91 Å². The molecule has 26 heavy (non-hydrogen) atoms. The zero-order valence-electron chi connectivity index (χ0n) is 15.8. The molecular weight excluding hydrogens is 328 g/mol. The highest BCUT2D eigenvalue weighted by Gasteiger charge is 2.26. The van der Waals surface area contributed by atoms with Crippen molar-refractivity contribution in [2.45, 2.75) is 46.2 Å². The minimum atomic E-state index is -0.0532. The smallest absolute Gasteiger partial charge is 0.258 e. The molecule has 1 fully saturated rings. The molecule has 1 aliphatic rings. The van der Waals surface area contributed by atoms with Crippen LogP contribution in [0.25, 0.3) is 5.65 Å². The van der Waals surface area contributed by atoms with Gasteiger partial charge in [0.15, 0.2) is 0 Å². The van der Waals surface area contributed by atoms with E-state index >= 15 is 0 Å². The fourth-order valence-corrected chi connectivity index (χ4v) is 3.28. The number of nitrogens with one attached hydrogen (secondary N) is 1. The summed E-state index contributed by atoms with van der Waals surface area (Å²) < 4.78 is 1.55. The summed E-state index contributed by atoms with van der Waals surface area (Å²) in [5, 5.41) is 3.13. The van der Waals surface area contributed by atoms with E-state index in [1.54, 1.807) is 16.7 Å². The molecule has 0 bridgehead atoms. The molecule has 2 aromatic heterocycles. The SMILES string of the molecule is CC(C)C(C)NC(=O)C1CCN(Cc2cc(=O)n3ccccc3n2)CC1. The normalized spacial score (nSPS) is 17.5. The molecule has 0 spiro atoms. The van der Waals surface area contributed by atoms with E-state index < -0.39 is 0 Å². The summed E-state index contributed by atoms with van der Waals surface area (Å²) in [6.07, 6.45) is 3.43. The number of hydrogen-bond donors (Lipinski definition) is 1. The van der Waals surface area contributed by atoms with E-state index in [1.165, 1.54) is 0 Å². The lowest BCUT2D eigenvalue weighted by Crippen LogP contribution is -2.44. The van der Waals surface area contributed by atoms with Gasteiger partial charge >= 0.3 is 0 Å². The summed E-state index contributed by atoms with van der Waals surface area (Å²) in [6.45, 7) is 8.65. The Morgan fingerprint density at radius 3 is 2.69 bits per heavy atom. The average molecular weight is 356 g/mol. The second-order valence-electron chi connectivity index (χ2n) is 7.61. The third-order valence-corrected chi connectivity index (χ3v) is 5.34. The summed E-state index contributed by atoms with van der Waals surface area (Å²) in [7, 11) is 0. The van der Waals surface area contributed by atoms with Crippen LogP contribution in [0.5, 0.6) is 0 Å². The first-order valence-electron chi connectivity index (χ1n) is 9.44. The van der Waals surface area contributed by atoms with Crippen LogP contribution in [-0.2, 0) is 11.3 Å². The minimum Gasteiger partial charge on any atom is -0.353 e. The Kier molecular flexibility index (Phi) is 5.71. The summed E-state index contributed by atoms with van der Waals surface area (Å²) >= 11 is 0. The summed E-state index contributed by atoms with van der Waals surface area (Å²) in [5.74, 6) is 0.702. The van der Waals surface area contributed by atoms with E-state index in [1.807, 2.05) is 18.2 Å². The molecule has 6 heteroatoms. The second kappa shape index (κ2) is 7.99. The third-order valence-electron chi connectivity index (χ3n) is 5.34. The van der Waals surface area contributed by atoms with Crippen molar-refractivity contribution in [3.8, 4) is 0 Å². The Labute approximate surface area is 154 Å². The van der Waals surface area contributed by atoms with Gasteiger partial charge in [-0.25, -0.2) is 4.98 Å². The zero-order valence-corrected chi connectivity index (χ0v) is 15.8. The molecule has 0 aromatic carbocycles. The van der Waals surface area contributed by atoms with Crippen molar-refractivity contribution in [3.63, 3.8) is 0 Å². The molecule has 140 valence electrons. The van der Waals surface area contributed by atoms with Crippen LogP contribution in [0.2, 0.25) is 0 Å². The fraction of sp³-hybridized carbons (Fsp3) is 0.550. The molecular formula is C20H28N4O2. The standard InChI is InChI=1S/C20H28N4O2/c1-14(2)15(3)21-20(26)16-7-10-23(11-8-16)13-17-12-19(25)24-9-5-4-6-18(24)22-17/h4-6,9,12,14-16H,7-8,10-11,13H2,1-3H3,(H,21,26). The van der Waals surface area contributed by atoms with Crippen molar-refractivity contribution in [3.05, 3.63) is 46.5 Å². The van der Waals surface area contributed by atoms with Crippen molar-refractivity contribution in [1.29, 1.82) is 0 Å². The van der Waals surface area contributed by atoms with Gasteiger partial charge in [-0.2, -0.15) is 0 Å². The largest absolute Gasteiger partial charge is 0.353 e. The number of aromatic nitrogens is 2. The molecule has 6 nitrogen and oxygen atoms in total. The van der Waals surface area contributed by atoms with Gasteiger partial charge in [0.25, 0.3) is 5.56 Å². The number of pyridine rings is 1. The molecule has 1 N–H and O–H groups in total. The van der Waals surface area contributed by atoms with Crippen LogP contribution in [0.1, 0.15) is 39.3 Å². The Hall–Kier alpha value is -2.21. The van der Waals surface area contributed by atoms with Crippen LogP contribution in [0.3, 0.4) is 0 Å². The van der Waals surface area contributed by atoms with E-state index in [9.17, 15) is 9.59 Å². The van der Waals surface area contributed by atoms with Gasteiger partial charge in [0.1, 0.15) is 5.65 Å². The molecule has 0 saturated carbocycles. The number of hydrogen-bond acceptors (Lipinski definition) is 4. The first-order chi connectivity index (χ1) is 12.4. The Balaban J connectivity index is 1.57. The maximum Gasteiger partial charge on any atom is 0.258 e. The lowest BCUT2D eigenvalue weighted by molar-refractivity contribution is -0.127. The number of carbonyl (C=O) groups is 1. The third kappa shape index (κ3) is 4.30. The molecule has 0 aliphatic carbocycles. The predicted molar refractivity (Wildman–Crippen MR) is 102 cm³/mol. The fourth-order valence-electron chi connectivity index (χ4n) is 3.28. The Morgan fingerprint density at radius 1 is 1.27 bits per heavy atom. The Bertz CT molecular complexity index is 822. The quantitative estimate of drug-likeness (QED) is 0.891. The van der Waals surface area contributed by atoms with Gasteiger partial charge in [-0.15, -0.1) is 0 Å². The lowest BCUT2D eigenvalue weighted by Gasteiger charge is -2.32. The first-order valence-corrected chi connectivity index (χ1v) is 9.44. The number of carbonyl (C=O) groups excluding carboxylic acids is 1. The molecule has 2 aromatic rings. The van der Waals surface area contributed by atoms with Gasteiger partial charge in [0, 0.05) is 30.8 Å². The number of nitrogens with zero attached hydrogens (tertiary/aromatic N) is 3. The van der Waals surface area contributed by atoms with Gasteiger partial charge in [-0.1, -0.05) is 19.9 Å². The maximum atomic E-state index is 12.4.